The van der Waals surface area contributed by atoms with Gasteiger partial charge in [-0.3, -0.25) is 18.6 Å². The smallest absolute Gasteiger partial charge is 0.462 e. The Morgan fingerprint density at radius 3 is 1.57 bits per heavy atom. The number of allylic oxidation sites excluding steroid dienone is 2. The molecule has 0 amide bonds. The number of phosphoric acid groups is 1. The van der Waals surface area contributed by atoms with Crippen molar-refractivity contribution in [1.82, 2.24) is 0 Å². The molecule has 2 rings (SSSR count). The molecule has 19 heteroatoms. The monoisotopic (exact) mass is 1030 g/mol. The third-order valence-corrected chi connectivity index (χ3v) is 14.3. The van der Waals surface area contributed by atoms with Gasteiger partial charge < -0.3 is 64.7 Å². The number of hydrogen-bond acceptors (Lipinski definition) is 17. The minimum absolute atomic E-state index is 0.0147. The first kappa shape index (κ1) is 64.5. The summed E-state index contributed by atoms with van der Waals surface area (Å²) < 4.78 is 45.5. The van der Waals surface area contributed by atoms with E-state index in [0.29, 0.717) is 12.8 Å². The first-order valence-electron chi connectivity index (χ1n) is 26.9. The molecule has 0 bridgehead atoms. The standard InChI is InChI=1S/C51H95O18P/c1-4-6-8-10-12-13-14-15-16-17-18-19-25-29-33-41(54)66-38(35-64-40(53)32-28-24-21-20-23-27-31-37(3)30-26-22-11-9-7-5-2)36-65-70(62,63)69-50-47(60)45(58)44(57)46(59)49(50)68-51-48(61)43(56)42(55)39(34-52)67-51/h16-17,37-39,42-52,55-61H,4-15,18-36H2,1-3H3,(H,62,63)/b17-16-. The van der Waals surface area contributed by atoms with Crippen molar-refractivity contribution in [2.24, 2.45) is 5.92 Å². The lowest BCUT2D eigenvalue weighted by Crippen LogP contribution is -2.67. The molecular weight excluding hydrogens is 932 g/mol. The molecular formula is C51H95O18P. The van der Waals surface area contributed by atoms with Crippen LogP contribution in [0.5, 0.6) is 0 Å². The van der Waals surface area contributed by atoms with Gasteiger partial charge in [-0.1, -0.05) is 161 Å². The van der Waals surface area contributed by atoms with Gasteiger partial charge in [-0.15, -0.1) is 0 Å². The second kappa shape index (κ2) is 38.0. The number of unbranched alkanes of at least 4 members (excludes halogenated alkanes) is 20. The Bertz CT molecular complexity index is 1420. The molecule has 0 radical (unpaired) electrons. The molecule has 0 aromatic carbocycles. The molecule has 14 atom stereocenters. The molecule has 0 aromatic rings. The van der Waals surface area contributed by atoms with E-state index in [2.05, 4.69) is 32.9 Å². The largest absolute Gasteiger partial charge is 0.472 e. The lowest BCUT2D eigenvalue weighted by atomic mass is 9.84. The average molecular weight is 1030 g/mol. The predicted octanol–water partition coefficient (Wildman–Crippen LogP) is 6.74. The lowest BCUT2D eigenvalue weighted by Gasteiger charge is -2.47. The third kappa shape index (κ3) is 26.6. The van der Waals surface area contributed by atoms with Crippen LogP contribution < -0.4 is 0 Å². The van der Waals surface area contributed by atoms with Gasteiger partial charge >= 0.3 is 19.8 Å². The molecule has 70 heavy (non-hydrogen) atoms. The minimum Gasteiger partial charge on any atom is -0.462 e. The molecule has 14 unspecified atom stereocenters. The fourth-order valence-electron chi connectivity index (χ4n) is 8.83. The van der Waals surface area contributed by atoms with Gasteiger partial charge in [-0.25, -0.2) is 4.57 Å². The lowest BCUT2D eigenvalue weighted by molar-refractivity contribution is -0.338. The molecule has 1 saturated heterocycles. The Hall–Kier alpha value is -1.61. The summed E-state index contributed by atoms with van der Waals surface area (Å²) in [6.45, 7) is 4.56. The normalized spacial score (nSPS) is 27.9. The first-order chi connectivity index (χ1) is 33.6. The quantitative estimate of drug-likeness (QED) is 0.0133. The maximum absolute atomic E-state index is 13.4. The number of rotatable bonds is 41. The van der Waals surface area contributed by atoms with Crippen LogP contribution in [-0.4, -0.2) is 151 Å². The van der Waals surface area contributed by atoms with Crippen LogP contribution in [0.25, 0.3) is 0 Å². The third-order valence-electron chi connectivity index (χ3n) is 13.4. The predicted molar refractivity (Wildman–Crippen MR) is 263 cm³/mol. The number of carbonyl (C=O) groups excluding carboxylic acids is 2. The topological polar surface area (TPSA) is 289 Å². The van der Waals surface area contributed by atoms with E-state index in [1.54, 1.807) is 0 Å². The fourth-order valence-corrected chi connectivity index (χ4v) is 9.79. The van der Waals surface area contributed by atoms with Gasteiger partial charge in [0, 0.05) is 12.8 Å². The molecule has 0 aromatic heterocycles. The van der Waals surface area contributed by atoms with E-state index in [9.17, 15) is 59.9 Å². The number of aliphatic hydroxyl groups excluding tert-OH is 8. The summed E-state index contributed by atoms with van der Waals surface area (Å²) in [5.74, 6) is -0.496. The van der Waals surface area contributed by atoms with Gasteiger partial charge in [0.05, 0.1) is 13.2 Å². The van der Waals surface area contributed by atoms with Crippen molar-refractivity contribution in [3.05, 3.63) is 12.2 Å². The summed E-state index contributed by atoms with van der Waals surface area (Å²) in [6.07, 6.45) is 10.1. The van der Waals surface area contributed by atoms with E-state index < -0.39 is 113 Å². The Morgan fingerprint density at radius 2 is 1.03 bits per heavy atom. The highest BCUT2D eigenvalue weighted by molar-refractivity contribution is 7.47. The van der Waals surface area contributed by atoms with E-state index in [4.69, 9.17) is 28.0 Å². The number of carbonyl (C=O) groups is 2. The van der Waals surface area contributed by atoms with Crippen molar-refractivity contribution >= 4 is 19.8 Å². The van der Waals surface area contributed by atoms with Crippen LogP contribution >= 0.6 is 7.82 Å². The van der Waals surface area contributed by atoms with Gasteiger partial charge in [-0.2, -0.15) is 0 Å². The van der Waals surface area contributed by atoms with Gasteiger partial charge in [-0.05, 0) is 44.4 Å². The average Bonchev–Trinajstić information content (AvgIpc) is 3.33. The van der Waals surface area contributed by atoms with Crippen molar-refractivity contribution in [2.45, 2.75) is 274 Å². The second-order valence-electron chi connectivity index (χ2n) is 19.7. The number of phosphoric ester groups is 1. The van der Waals surface area contributed by atoms with Gasteiger partial charge in [0.2, 0.25) is 0 Å². The van der Waals surface area contributed by atoms with Crippen LogP contribution in [0, 0.1) is 5.92 Å². The minimum atomic E-state index is -5.38. The molecule has 1 aliphatic heterocycles. The van der Waals surface area contributed by atoms with Crippen LogP contribution in [0.3, 0.4) is 0 Å². The van der Waals surface area contributed by atoms with Crippen LogP contribution in [-0.2, 0) is 42.1 Å². The van der Waals surface area contributed by atoms with Gasteiger partial charge in [0.15, 0.2) is 12.4 Å². The van der Waals surface area contributed by atoms with Crippen molar-refractivity contribution < 1.29 is 87.9 Å². The summed E-state index contributed by atoms with van der Waals surface area (Å²) in [5, 5.41) is 83.0. The second-order valence-corrected chi connectivity index (χ2v) is 21.1. The summed E-state index contributed by atoms with van der Waals surface area (Å²) in [7, 11) is -5.38. The molecule has 1 aliphatic carbocycles. The molecule has 2 aliphatic rings. The Kier molecular flexibility index (Phi) is 35.0. The van der Waals surface area contributed by atoms with E-state index in [-0.39, 0.29) is 12.8 Å². The van der Waals surface area contributed by atoms with E-state index in [0.717, 1.165) is 57.3 Å². The Morgan fingerprint density at radius 1 is 0.571 bits per heavy atom. The molecule has 0 spiro atoms. The zero-order valence-corrected chi connectivity index (χ0v) is 43.6. The molecule has 1 heterocycles. The van der Waals surface area contributed by atoms with Crippen molar-refractivity contribution in [3.63, 3.8) is 0 Å². The van der Waals surface area contributed by atoms with Crippen molar-refractivity contribution in [2.75, 3.05) is 19.8 Å². The Labute approximate surface area is 418 Å². The fraction of sp³-hybridized carbons (Fsp3) is 0.922. The number of esters is 2. The maximum Gasteiger partial charge on any atom is 0.472 e. The number of aliphatic hydroxyl groups is 8. The number of hydrogen-bond donors (Lipinski definition) is 9. The molecule has 18 nitrogen and oxygen atoms in total. The van der Waals surface area contributed by atoms with E-state index >= 15 is 0 Å². The molecule has 9 N–H and O–H groups in total. The van der Waals surface area contributed by atoms with Crippen molar-refractivity contribution in [3.8, 4) is 0 Å². The van der Waals surface area contributed by atoms with Crippen LogP contribution in [0.4, 0.5) is 0 Å². The summed E-state index contributed by atoms with van der Waals surface area (Å²) in [6, 6.07) is 0. The summed E-state index contributed by atoms with van der Waals surface area (Å²) >= 11 is 0. The maximum atomic E-state index is 13.4. The first-order valence-corrected chi connectivity index (χ1v) is 28.4. The van der Waals surface area contributed by atoms with Gasteiger partial charge in [0.1, 0.15) is 67.6 Å². The Balaban J connectivity index is 1.94. The van der Waals surface area contributed by atoms with Crippen LogP contribution in [0.1, 0.15) is 201 Å². The SMILES string of the molecule is CCCCCCCCC/C=C\CCCCCC(=O)OC(COC(=O)CCCCCCCCC(C)CCCCCCCC)COP(=O)(O)OC1C(O)C(O)C(O)C(O)C1OC1OC(CO)C(O)C(O)C1O. The highest BCUT2D eigenvalue weighted by Gasteiger charge is 2.55. The highest BCUT2D eigenvalue weighted by atomic mass is 31.2. The van der Waals surface area contributed by atoms with E-state index in [1.165, 1.54) is 103 Å². The van der Waals surface area contributed by atoms with Crippen LogP contribution in [0.15, 0.2) is 12.2 Å². The number of ether oxygens (including phenoxy) is 4. The molecule has 412 valence electrons. The zero-order chi connectivity index (χ0) is 51.7. The highest BCUT2D eigenvalue weighted by Crippen LogP contribution is 2.48. The molecule has 2 fully saturated rings. The van der Waals surface area contributed by atoms with Crippen molar-refractivity contribution in [1.29, 1.82) is 0 Å². The molecule has 1 saturated carbocycles. The van der Waals surface area contributed by atoms with E-state index in [1.807, 2.05) is 0 Å². The van der Waals surface area contributed by atoms with Gasteiger partial charge in [0.25, 0.3) is 0 Å². The summed E-state index contributed by atoms with van der Waals surface area (Å²) in [5.41, 5.74) is 0. The summed E-state index contributed by atoms with van der Waals surface area (Å²) in [4.78, 5) is 36.6. The van der Waals surface area contributed by atoms with Crippen LogP contribution in [0.2, 0.25) is 0 Å². The zero-order valence-electron chi connectivity index (χ0n) is 42.7.